The summed E-state index contributed by atoms with van der Waals surface area (Å²) >= 11 is 14.1. The van der Waals surface area contributed by atoms with E-state index in [1.807, 2.05) is 0 Å². The maximum absolute atomic E-state index is 14.4. The lowest BCUT2D eigenvalue weighted by atomic mass is 9.86. The Hall–Kier alpha value is -4.10. The molecule has 49 heavy (non-hydrogen) atoms. The van der Waals surface area contributed by atoms with E-state index in [2.05, 4.69) is 9.88 Å². The summed E-state index contributed by atoms with van der Waals surface area (Å²) in [6.45, 7) is 2.56. The third-order valence-electron chi connectivity index (χ3n) is 8.84. The summed E-state index contributed by atoms with van der Waals surface area (Å²) < 4.78 is 37.3. The average Bonchev–Trinajstić information content (AvgIpc) is 3.57. The van der Waals surface area contributed by atoms with Crippen LogP contribution in [0.2, 0.25) is 10.0 Å². The summed E-state index contributed by atoms with van der Waals surface area (Å²) in [6.07, 6.45) is 3.46. The van der Waals surface area contributed by atoms with Crippen LogP contribution in [0.4, 0.5) is 14.9 Å². The SMILES string of the molecule is COc1ccc([C@H](Cc2c(Cl)c[nH+]cc2Cl)OC(=O)c2ccc(CN(C(=O)O[C@H]3CN4CCC3CC4)c3cc(O)cc(F)c3)s2)cc1OC. The van der Waals surface area contributed by atoms with Crippen LogP contribution in [0.25, 0.3) is 0 Å². The van der Waals surface area contributed by atoms with Crippen molar-refractivity contribution in [3.05, 3.63) is 97.7 Å². The first kappa shape index (κ1) is 34.8. The average molecular weight is 732 g/mol. The number of nitrogens with one attached hydrogen (secondary N) is 1. The van der Waals surface area contributed by atoms with Crippen LogP contribution in [0.15, 0.2) is 60.9 Å². The third kappa shape index (κ3) is 8.04. The minimum absolute atomic E-state index is 0.0361. The lowest BCUT2D eigenvalue weighted by molar-refractivity contribution is -0.377. The van der Waals surface area contributed by atoms with Gasteiger partial charge in [0.15, 0.2) is 23.9 Å². The molecule has 2 N–H and O–H groups in total. The number of benzene rings is 2. The molecule has 258 valence electrons. The van der Waals surface area contributed by atoms with Crippen molar-refractivity contribution in [1.82, 2.24) is 4.90 Å². The van der Waals surface area contributed by atoms with Gasteiger partial charge in [0.25, 0.3) is 0 Å². The number of piperidine rings is 3. The third-order valence-corrected chi connectivity index (χ3v) is 10.6. The van der Waals surface area contributed by atoms with E-state index in [9.17, 15) is 19.1 Å². The Morgan fingerprint density at radius 3 is 2.43 bits per heavy atom. The number of phenols is 1. The number of methoxy groups -OCH3 is 2. The van der Waals surface area contributed by atoms with Crippen molar-refractivity contribution < 1.29 is 43.0 Å². The van der Waals surface area contributed by atoms with Gasteiger partial charge < -0.3 is 24.1 Å². The normalized spacial score (nSPS) is 18.8. The molecule has 2 aromatic heterocycles. The van der Waals surface area contributed by atoms with E-state index in [0.717, 1.165) is 49.4 Å². The number of aromatic hydroxyl groups is 1. The Morgan fingerprint density at radius 2 is 1.78 bits per heavy atom. The summed E-state index contributed by atoms with van der Waals surface area (Å²) in [5.74, 6) is -0.431. The molecule has 5 heterocycles. The highest BCUT2D eigenvalue weighted by atomic mass is 35.5. The summed E-state index contributed by atoms with van der Waals surface area (Å²) in [4.78, 5) is 34.6. The van der Waals surface area contributed by atoms with Crippen molar-refractivity contribution in [2.24, 2.45) is 5.92 Å². The molecule has 2 aromatic carbocycles. The van der Waals surface area contributed by atoms with E-state index < -0.39 is 24.0 Å². The molecule has 3 saturated heterocycles. The molecule has 10 nitrogen and oxygen atoms in total. The summed E-state index contributed by atoms with van der Waals surface area (Å²) in [6, 6.07) is 11.9. The van der Waals surface area contributed by atoms with Gasteiger partial charge in [-0.1, -0.05) is 29.3 Å². The number of hydrogen-bond donors (Lipinski definition) is 1. The number of rotatable bonds is 11. The second-order valence-electron chi connectivity index (χ2n) is 11.9. The lowest BCUT2D eigenvalue weighted by Crippen LogP contribution is -2.53. The van der Waals surface area contributed by atoms with Gasteiger partial charge in [-0.3, -0.25) is 9.80 Å². The number of ether oxygens (including phenoxy) is 4. The number of pyridine rings is 1. The minimum atomic E-state index is -0.821. The maximum Gasteiger partial charge on any atom is 0.414 e. The van der Waals surface area contributed by atoms with E-state index in [1.54, 1.807) is 42.7 Å². The van der Waals surface area contributed by atoms with Crippen LogP contribution in [0, 0.1) is 11.7 Å². The zero-order valence-corrected chi connectivity index (χ0v) is 29.1. The molecule has 0 aliphatic carbocycles. The van der Waals surface area contributed by atoms with Crippen LogP contribution < -0.4 is 19.4 Å². The van der Waals surface area contributed by atoms with Gasteiger partial charge in [-0.25, -0.2) is 19.0 Å². The Labute approximate surface area is 296 Å². The number of aromatic nitrogens is 1. The number of anilines is 1. The molecule has 14 heteroatoms. The number of aromatic amines is 1. The highest BCUT2D eigenvalue weighted by Crippen LogP contribution is 2.37. The maximum atomic E-state index is 14.4. The fraction of sp³-hybridized carbons (Fsp3) is 0.343. The van der Waals surface area contributed by atoms with Gasteiger partial charge in [0.1, 0.15) is 38.7 Å². The summed E-state index contributed by atoms with van der Waals surface area (Å²) in [7, 11) is 3.04. The Morgan fingerprint density at radius 1 is 1.04 bits per heavy atom. The number of thiophene rings is 1. The van der Waals surface area contributed by atoms with Gasteiger partial charge in [-0.2, -0.15) is 0 Å². The molecule has 4 aromatic rings. The smallest absolute Gasteiger partial charge is 0.414 e. The van der Waals surface area contributed by atoms with E-state index in [1.165, 1.54) is 25.2 Å². The van der Waals surface area contributed by atoms with Crippen LogP contribution in [0.3, 0.4) is 0 Å². The Balaban J connectivity index is 1.24. The molecule has 0 saturated carbocycles. The number of carbonyl (C=O) groups excluding carboxylic acids is 2. The monoisotopic (exact) mass is 730 g/mol. The molecule has 3 aliphatic heterocycles. The van der Waals surface area contributed by atoms with Gasteiger partial charge in [0.05, 0.1) is 26.5 Å². The number of halogens is 3. The van der Waals surface area contributed by atoms with Crippen molar-refractivity contribution in [3.8, 4) is 17.2 Å². The second-order valence-corrected chi connectivity index (χ2v) is 13.9. The van der Waals surface area contributed by atoms with Crippen molar-refractivity contribution in [2.75, 3.05) is 38.8 Å². The predicted octanol–water partition coefficient (Wildman–Crippen LogP) is 7.11. The number of fused-ring (bicyclic) bond motifs is 3. The first-order valence-corrected chi connectivity index (χ1v) is 17.2. The molecule has 2 atom stereocenters. The van der Waals surface area contributed by atoms with Gasteiger partial charge in [-0.05, 0) is 67.7 Å². The number of carbonyl (C=O) groups is 2. The van der Waals surface area contributed by atoms with Gasteiger partial charge in [-0.15, -0.1) is 11.3 Å². The van der Waals surface area contributed by atoms with Gasteiger partial charge in [0, 0.05) is 35.5 Å². The van der Waals surface area contributed by atoms with Crippen molar-refractivity contribution in [2.45, 2.75) is 38.0 Å². The topological polar surface area (TPSA) is 112 Å². The van der Waals surface area contributed by atoms with Crippen LogP contribution in [0.5, 0.6) is 17.2 Å². The lowest BCUT2D eigenvalue weighted by Gasteiger charge is -2.44. The van der Waals surface area contributed by atoms with Crippen LogP contribution >= 0.6 is 34.5 Å². The molecule has 2 bridgehead atoms. The highest BCUT2D eigenvalue weighted by Gasteiger charge is 2.37. The second kappa shape index (κ2) is 15.2. The Bertz CT molecular complexity index is 1790. The molecule has 3 fully saturated rings. The number of phenolic OH excluding ortho intramolecular Hbond substituents is 1. The minimum Gasteiger partial charge on any atom is -0.508 e. The number of H-pyrrole nitrogens is 1. The van der Waals surface area contributed by atoms with Crippen molar-refractivity contribution >= 4 is 52.3 Å². The first-order valence-electron chi connectivity index (χ1n) is 15.7. The van der Waals surface area contributed by atoms with Crippen LogP contribution in [-0.4, -0.2) is 62.0 Å². The number of esters is 1. The first-order chi connectivity index (χ1) is 23.6. The molecule has 1 amide bonds. The standard InChI is InChI=1S/C35H34Cl2FN3O7S/c1-45-29-5-3-21(11-31(29)46-2)30(15-26-27(36)16-39-17-28(26)37)47-34(43)33-6-4-25(49-33)18-41(23-12-22(38)13-24(42)14-23)35(44)48-32-19-40-9-7-20(32)8-10-40/h3-6,11-14,16-17,20,30,32,42H,7-10,15,18-19H2,1-2H3/p+1/t30-,32-/m0/s1. The molecule has 0 unspecified atom stereocenters. The van der Waals surface area contributed by atoms with Crippen molar-refractivity contribution in [3.63, 3.8) is 0 Å². The molecule has 3 aliphatic rings. The highest BCUT2D eigenvalue weighted by molar-refractivity contribution is 7.14. The zero-order valence-electron chi connectivity index (χ0n) is 26.8. The number of hydrogen-bond acceptors (Lipinski definition) is 9. The van der Waals surface area contributed by atoms with Crippen molar-refractivity contribution in [1.29, 1.82) is 0 Å². The Kier molecular flexibility index (Phi) is 10.8. The molecule has 7 rings (SSSR count). The number of nitrogens with zero attached hydrogens (tertiary/aromatic N) is 2. The fourth-order valence-corrected chi connectivity index (χ4v) is 7.68. The fourth-order valence-electron chi connectivity index (χ4n) is 6.27. The quantitative estimate of drug-likeness (QED) is 0.163. The summed E-state index contributed by atoms with van der Waals surface area (Å²) in [5.41, 5.74) is 1.33. The molecule has 0 radical (unpaired) electrons. The predicted molar refractivity (Wildman–Crippen MR) is 182 cm³/mol. The molecular formula is C35H35Cl2FN3O7S+. The van der Waals surface area contributed by atoms with E-state index in [0.29, 0.717) is 44.1 Å². The van der Waals surface area contributed by atoms with Crippen LogP contribution in [-0.2, 0) is 22.4 Å². The molecule has 0 spiro atoms. The largest absolute Gasteiger partial charge is 0.508 e. The van der Waals surface area contributed by atoms with E-state index in [-0.39, 0.29) is 41.3 Å². The zero-order chi connectivity index (χ0) is 34.7. The van der Waals surface area contributed by atoms with Crippen LogP contribution in [0.1, 0.15) is 44.6 Å². The van der Waals surface area contributed by atoms with Gasteiger partial charge >= 0.3 is 12.1 Å². The summed E-state index contributed by atoms with van der Waals surface area (Å²) in [5, 5.41) is 10.9. The van der Waals surface area contributed by atoms with E-state index >= 15 is 0 Å². The van der Waals surface area contributed by atoms with Gasteiger partial charge in [0.2, 0.25) is 0 Å². The number of amides is 1. The molecular weight excluding hydrogens is 696 g/mol. The van der Waals surface area contributed by atoms with E-state index in [4.69, 9.17) is 42.1 Å².